The van der Waals surface area contributed by atoms with Gasteiger partial charge in [-0.05, 0) is 37.5 Å². The number of ether oxygens (including phenoxy) is 6. The van der Waals surface area contributed by atoms with Crippen LogP contribution in [0.2, 0.25) is 0 Å². The molecule has 1 aromatic carbocycles. The van der Waals surface area contributed by atoms with Crippen LogP contribution in [0, 0.1) is 5.92 Å². The van der Waals surface area contributed by atoms with Crippen molar-refractivity contribution in [1.29, 1.82) is 0 Å². The van der Waals surface area contributed by atoms with E-state index in [-0.39, 0.29) is 24.4 Å². The van der Waals surface area contributed by atoms with Crippen molar-refractivity contribution in [2.45, 2.75) is 71.6 Å². The molecule has 1 atom stereocenters. The average Bonchev–Trinajstić information content (AvgIpc) is 2.94. The van der Waals surface area contributed by atoms with Gasteiger partial charge in [-0.2, -0.15) is 0 Å². The molecule has 1 aliphatic heterocycles. The lowest BCUT2D eigenvalue weighted by molar-refractivity contribution is -0.0381. The average molecular weight is 589 g/mol. The molecule has 1 aliphatic rings. The predicted octanol–water partition coefficient (Wildman–Crippen LogP) is 5.31. The molecule has 1 fully saturated rings. The summed E-state index contributed by atoms with van der Waals surface area (Å²) < 4.78 is 52.5. The summed E-state index contributed by atoms with van der Waals surface area (Å²) in [7, 11) is -4.03. The smallest absolute Gasteiger partial charge is 0.362 e. The molecule has 0 radical (unpaired) electrons. The first-order chi connectivity index (χ1) is 19.6. The van der Waals surface area contributed by atoms with Crippen molar-refractivity contribution in [3.05, 3.63) is 23.8 Å². The zero-order valence-corrected chi connectivity index (χ0v) is 25.7. The van der Waals surface area contributed by atoms with Crippen molar-refractivity contribution >= 4 is 12.9 Å². The Morgan fingerprint density at radius 2 is 1.30 bits per heavy atom. The van der Waals surface area contributed by atoms with Crippen molar-refractivity contribution in [3.8, 4) is 5.75 Å². The minimum Gasteiger partial charge on any atom is -0.492 e. The molecule has 40 heavy (non-hydrogen) atoms. The standard InChI is InChI=1S/C30H53O9P/c1-3-5-6-7-8-9-10-11-12-27-13-14-29(30(23-27)40(31,32)39-4-2)38-26-28-24-36-21-19-34-17-15-33-16-18-35-20-22-37-25-28/h13-14,23,28H,3-12,15-22,24-26H2,1-2H3,(H,31,32). The van der Waals surface area contributed by atoms with Gasteiger partial charge in [-0.25, -0.2) is 0 Å². The Balaban J connectivity index is 1.95. The van der Waals surface area contributed by atoms with Gasteiger partial charge in [0.1, 0.15) is 11.1 Å². The summed E-state index contributed by atoms with van der Waals surface area (Å²) in [5, 5.41) is 0.213. The molecule has 1 N–H and O–H groups in total. The molecule has 232 valence electrons. The predicted molar refractivity (Wildman–Crippen MR) is 157 cm³/mol. The molecule has 0 amide bonds. The van der Waals surface area contributed by atoms with Gasteiger partial charge in [0.2, 0.25) is 0 Å². The largest absolute Gasteiger partial charge is 0.492 e. The topological polar surface area (TPSA) is 102 Å². The van der Waals surface area contributed by atoms with Crippen LogP contribution in [-0.2, 0) is 39.2 Å². The highest BCUT2D eigenvalue weighted by Gasteiger charge is 2.28. The number of rotatable bonds is 15. The SMILES string of the molecule is CCCCCCCCCCc1ccc(OCC2COCCOCCOCCOCCOC2)c(P(=O)(O)OCC)c1. The third-order valence-corrected chi connectivity index (χ3v) is 8.19. The Bertz CT molecular complexity index is 791. The van der Waals surface area contributed by atoms with Crippen LogP contribution in [0.4, 0.5) is 0 Å². The highest BCUT2D eigenvalue weighted by molar-refractivity contribution is 7.61. The van der Waals surface area contributed by atoms with Crippen molar-refractivity contribution in [2.75, 3.05) is 79.3 Å². The molecular formula is C30H53O9P. The zero-order chi connectivity index (χ0) is 28.7. The van der Waals surface area contributed by atoms with Gasteiger partial charge in [-0.1, -0.05) is 57.9 Å². The highest BCUT2D eigenvalue weighted by atomic mass is 31.2. The van der Waals surface area contributed by atoms with Gasteiger partial charge in [0.05, 0.1) is 79.3 Å². The molecule has 1 heterocycles. The Morgan fingerprint density at radius 1 is 0.775 bits per heavy atom. The summed E-state index contributed by atoms with van der Waals surface area (Å²) in [5.74, 6) is 0.282. The molecule has 1 unspecified atom stereocenters. The van der Waals surface area contributed by atoms with E-state index in [1.54, 1.807) is 19.1 Å². The molecular weight excluding hydrogens is 535 g/mol. The second-order valence-electron chi connectivity index (χ2n) is 10.1. The maximum absolute atomic E-state index is 13.1. The first-order valence-electron chi connectivity index (χ1n) is 15.2. The highest BCUT2D eigenvalue weighted by Crippen LogP contribution is 2.44. The second-order valence-corrected chi connectivity index (χ2v) is 11.9. The van der Waals surface area contributed by atoms with Crippen LogP contribution >= 0.6 is 7.60 Å². The lowest BCUT2D eigenvalue weighted by atomic mass is 10.0. The third-order valence-electron chi connectivity index (χ3n) is 6.62. The van der Waals surface area contributed by atoms with E-state index in [9.17, 15) is 9.46 Å². The van der Waals surface area contributed by atoms with Crippen molar-refractivity contribution in [1.82, 2.24) is 0 Å². The van der Waals surface area contributed by atoms with Crippen molar-refractivity contribution in [3.63, 3.8) is 0 Å². The lowest BCUT2D eigenvalue weighted by Gasteiger charge is -2.21. The van der Waals surface area contributed by atoms with E-state index in [0.717, 1.165) is 24.8 Å². The molecule has 1 saturated heterocycles. The molecule has 2 rings (SSSR count). The van der Waals surface area contributed by atoms with Gasteiger partial charge in [0.25, 0.3) is 0 Å². The van der Waals surface area contributed by atoms with Crippen molar-refractivity contribution in [2.24, 2.45) is 5.92 Å². The van der Waals surface area contributed by atoms with Crippen LogP contribution in [-0.4, -0.2) is 84.2 Å². The Morgan fingerprint density at radius 3 is 1.85 bits per heavy atom. The van der Waals surface area contributed by atoms with Gasteiger partial charge in [-0.3, -0.25) is 4.57 Å². The molecule has 0 bridgehead atoms. The number of hydrogen-bond acceptors (Lipinski definition) is 8. The van der Waals surface area contributed by atoms with E-state index >= 15 is 0 Å². The van der Waals surface area contributed by atoms with E-state index in [1.165, 1.54) is 38.5 Å². The number of hydrogen-bond donors (Lipinski definition) is 1. The van der Waals surface area contributed by atoms with Gasteiger partial charge in [0.15, 0.2) is 0 Å². The summed E-state index contributed by atoms with van der Waals surface area (Å²) in [6, 6.07) is 5.55. The van der Waals surface area contributed by atoms with Crippen LogP contribution in [0.5, 0.6) is 5.75 Å². The van der Waals surface area contributed by atoms with E-state index in [1.807, 2.05) is 6.07 Å². The summed E-state index contributed by atoms with van der Waals surface area (Å²) in [6.45, 7) is 9.09. The Kier molecular flexibility index (Phi) is 19.8. The van der Waals surface area contributed by atoms with Gasteiger partial charge in [-0.15, -0.1) is 0 Å². The van der Waals surface area contributed by atoms with E-state index in [2.05, 4.69) is 6.92 Å². The first-order valence-corrected chi connectivity index (χ1v) is 16.8. The fourth-order valence-corrected chi connectivity index (χ4v) is 5.63. The minimum atomic E-state index is -4.03. The molecule has 0 aromatic heterocycles. The van der Waals surface area contributed by atoms with Gasteiger partial charge >= 0.3 is 7.60 Å². The third kappa shape index (κ3) is 15.8. The van der Waals surface area contributed by atoms with E-state index < -0.39 is 7.60 Å². The summed E-state index contributed by atoms with van der Waals surface area (Å²) in [5.41, 5.74) is 1.02. The maximum atomic E-state index is 13.1. The normalized spacial score (nSPS) is 18.8. The van der Waals surface area contributed by atoms with Gasteiger partial charge < -0.3 is 37.8 Å². The molecule has 0 saturated carbocycles. The number of aryl methyl sites for hydroxylation is 1. The molecule has 0 aliphatic carbocycles. The lowest BCUT2D eigenvalue weighted by Crippen LogP contribution is -2.26. The number of benzene rings is 1. The van der Waals surface area contributed by atoms with E-state index in [4.69, 9.17) is 32.9 Å². The zero-order valence-electron chi connectivity index (χ0n) is 24.8. The maximum Gasteiger partial charge on any atom is 0.362 e. The quantitative estimate of drug-likeness (QED) is 0.216. The van der Waals surface area contributed by atoms with Crippen LogP contribution in [0.3, 0.4) is 0 Å². The monoisotopic (exact) mass is 588 g/mol. The molecule has 9 nitrogen and oxygen atoms in total. The fraction of sp³-hybridized carbons (Fsp3) is 0.800. The van der Waals surface area contributed by atoms with Crippen LogP contribution in [0.25, 0.3) is 0 Å². The first kappa shape index (κ1) is 35.2. The second kappa shape index (κ2) is 22.6. The summed E-state index contributed by atoms with van der Waals surface area (Å²) in [6.07, 6.45) is 10.8. The van der Waals surface area contributed by atoms with Crippen LogP contribution in [0.1, 0.15) is 70.8 Å². The van der Waals surface area contributed by atoms with E-state index in [0.29, 0.717) is 71.8 Å². The Labute approximate surface area is 241 Å². The number of unbranched alkanes of at least 4 members (excludes halogenated alkanes) is 7. The molecule has 10 heteroatoms. The summed E-state index contributed by atoms with van der Waals surface area (Å²) >= 11 is 0. The molecule has 1 aromatic rings. The Hall–Kier alpha value is -1.03. The molecule has 0 spiro atoms. The summed E-state index contributed by atoms with van der Waals surface area (Å²) in [4.78, 5) is 10.7. The fourth-order valence-electron chi connectivity index (χ4n) is 4.40. The van der Waals surface area contributed by atoms with Crippen LogP contribution in [0.15, 0.2) is 18.2 Å². The van der Waals surface area contributed by atoms with Crippen LogP contribution < -0.4 is 10.0 Å². The van der Waals surface area contributed by atoms with Crippen molar-refractivity contribution < 1.29 is 42.4 Å². The van der Waals surface area contributed by atoms with Gasteiger partial charge in [0, 0.05) is 5.92 Å². The minimum absolute atomic E-state index is 0.0775.